The Morgan fingerprint density at radius 2 is 0.828 bits per heavy atom. The van der Waals surface area contributed by atoms with E-state index >= 15 is 0 Å². The van der Waals surface area contributed by atoms with Gasteiger partial charge in [-0.1, -0.05) is 220 Å². The fraction of sp³-hybridized carbons (Fsp3) is 0.0690. The minimum atomic E-state index is -0.329. The zero-order chi connectivity index (χ0) is 43.7. The number of hydrogen-bond donors (Lipinski definition) is 0. The smallest absolute Gasteiger partial charge is 0.164 e. The Morgan fingerprint density at radius 1 is 0.406 bits per heavy atom. The van der Waals surface area contributed by atoms with Crippen LogP contribution in [-0.2, 0) is 12.0 Å². The van der Waals surface area contributed by atoms with E-state index in [1.807, 2.05) is 72.8 Å². The molecule has 0 N–H and O–H groups in total. The van der Waals surface area contributed by atoms with E-state index in [4.69, 9.17) is 24.9 Å². The third kappa shape index (κ3) is 9.32. The van der Waals surface area contributed by atoms with E-state index in [2.05, 4.69) is 171 Å². The zero-order valence-electron chi connectivity index (χ0n) is 35.9. The van der Waals surface area contributed by atoms with Crippen molar-refractivity contribution in [3.63, 3.8) is 0 Å². The minimum Gasteiger partial charge on any atom is -0.261 e. The topological polar surface area (TPSA) is 75.8 Å². The number of benzene rings is 8. The molecule has 308 valence electrons. The van der Waals surface area contributed by atoms with Crippen molar-refractivity contribution >= 4 is 18.4 Å². The average molecular weight is 827 g/mol. The summed E-state index contributed by atoms with van der Waals surface area (Å²) in [6.07, 6.45) is 0. The van der Waals surface area contributed by atoms with Crippen LogP contribution < -0.4 is 0 Å². The standard InChI is InChI=1S/C58H46N6/c1-58(2,51-34-30-46(31-35-51)54(61-53(59-3)44-23-12-6-13-24-44)60-40-41-18-16-27-48(38-41)42-19-8-4-9-20-42)52-36-32-47(33-37-52)56-62-55(45-25-14-7-15-26-45)63-57(64-56)50-29-17-28-49(39-50)43-21-10-5-11-22-43/h4-39H,3,40H2,1-2H3. The lowest BCUT2D eigenvalue weighted by atomic mass is 9.77. The molecule has 0 bridgehead atoms. The van der Waals surface area contributed by atoms with Crippen molar-refractivity contribution in [2.45, 2.75) is 25.8 Å². The largest absolute Gasteiger partial charge is 0.261 e. The van der Waals surface area contributed by atoms with Crippen molar-refractivity contribution in [3.05, 3.63) is 246 Å². The SMILES string of the molecule is C=NC(=NC(=NCc1cccc(-c2ccccc2)c1)c1ccc(C(C)(C)c2ccc(-c3nc(-c4ccccc4)nc(-c4cccc(-c5ccccc5)c4)n3)cc2)cc1)c1ccccc1. The van der Waals surface area contributed by atoms with Crippen molar-refractivity contribution in [1.82, 2.24) is 15.0 Å². The van der Waals surface area contributed by atoms with Crippen LogP contribution >= 0.6 is 0 Å². The van der Waals surface area contributed by atoms with Gasteiger partial charge in [0.25, 0.3) is 0 Å². The molecule has 0 fully saturated rings. The quantitative estimate of drug-likeness (QED) is 0.0963. The molecule has 0 radical (unpaired) electrons. The summed E-state index contributed by atoms with van der Waals surface area (Å²) in [5, 5.41) is 0. The second-order valence-corrected chi connectivity index (χ2v) is 16.1. The third-order valence-electron chi connectivity index (χ3n) is 11.5. The molecule has 0 saturated carbocycles. The lowest BCUT2D eigenvalue weighted by Crippen LogP contribution is -2.19. The Hall–Kier alpha value is -8.22. The maximum absolute atomic E-state index is 5.09. The number of amidine groups is 2. The van der Waals surface area contributed by atoms with E-state index in [0.29, 0.717) is 35.7 Å². The summed E-state index contributed by atoms with van der Waals surface area (Å²) in [5.41, 5.74) is 12.2. The Labute approximate surface area is 375 Å². The molecule has 9 rings (SSSR count). The average Bonchev–Trinajstić information content (AvgIpc) is 3.37. The molecular formula is C58H46N6. The molecule has 6 nitrogen and oxygen atoms in total. The van der Waals surface area contributed by atoms with Crippen molar-refractivity contribution in [2.75, 3.05) is 0 Å². The fourth-order valence-corrected chi connectivity index (χ4v) is 7.77. The first-order chi connectivity index (χ1) is 31.4. The Balaban J connectivity index is 1.01. The number of aromatic nitrogens is 3. The van der Waals surface area contributed by atoms with E-state index in [-0.39, 0.29) is 5.41 Å². The molecular weight excluding hydrogens is 781 g/mol. The summed E-state index contributed by atoms with van der Waals surface area (Å²) >= 11 is 0. The molecule has 0 aliphatic carbocycles. The highest BCUT2D eigenvalue weighted by Gasteiger charge is 2.24. The summed E-state index contributed by atoms with van der Waals surface area (Å²) < 4.78 is 0. The van der Waals surface area contributed by atoms with Crippen molar-refractivity contribution < 1.29 is 0 Å². The normalized spacial score (nSPS) is 11.9. The lowest BCUT2D eigenvalue weighted by molar-refractivity contribution is 0.641. The Kier molecular flexibility index (Phi) is 12.1. The van der Waals surface area contributed by atoms with Crippen LogP contribution in [0.5, 0.6) is 0 Å². The van der Waals surface area contributed by atoms with Gasteiger partial charge in [-0.2, -0.15) is 0 Å². The van der Waals surface area contributed by atoms with Gasteiger partial charge in [-0.15, -0.1) is 0 Å². The van der Waals surface area contributed by atoms with Crippen LogP contribution in [0.25, 0.3) is 56.4 Å². The van der Waals surface area contributed by atoms with Gasteiger partial charge in [-0.25, -0.2) is 24.9 Å². The van der Waals surface area contributed by atoms with Crippen LogP contribution in [-0.4, -0.2) is 33.3 Å². The van der Waals surface area contributed by atoms with Crippen LogP contribution in [0, 0.1) is 0 Å². The van der Waals surface area contributed by atoms with Crippen molar-refractivity contribution in [1.29, 1.82) is 0 Å². The second kappa shape index (κ2) is 18.8. The van der Waals surface area contributed by atoms with Gasteiger partial charge in [-0.05, 0) is 57.8 Å². The summed E-state index contributed by atoms with van der Waals surface area (Å²) in [4.78, 5) is 29.5. The maximum atomic E-state index is 5.09. The molecule has 0 aliphatic heterocycles. The summed E-state index contributed by atoms with van der Waals surface area (Å²) in [5.74, 6) is 2.97. The fourth-order valence-electron chi connectivity index (χ4n) is 7.77. The maximum Gasteiger partial charge on any atom is 0.164 e. The molecule has 1 heterocycles. The number of rotatable bonds is 11. The van der Waals surface area contributed by atoms with E-state index in [0.717, 1.165) is 61.2 Å². The van der Waals surface area contributed by atoms with Crippen molar-refractivity contribution in [3.8, 4) is 56.4 Å². The van der Waals surface area contributed by atoms with Crippen LogP contribution in [0.2, 0.25) is 0 Å². The molecule has 64 heavy (non-hydrogen) atoms. The molecule has 9 aromatic rings. The van der Waals surface area contributed by atoms with Gasteiger partial charge in [0.05, 0.1) is 6.54 Å². The predicted molar refractivity (Wildman–Crippen MR) is 265 cm³/mol. The zero-order valence-corrected chi connectivity index (χ0v) is 35.9. The monoisotopic (exact) mass is 826 g/mol. The predicted octanol–water partition coefficient (Wildman–Crippen LogP) is 13.6. The Morgan fingerprint density at radius 3 is 1.39 bits per heavy atom. The van der Waals surface area contributed by atoms with Gasteiger partial charge in [0.1, 0.15) is 0 Å². The summed E-state index contributed by atoms with van der Waals surface area (Å²) in [6.45, 7) is 8.80. The molecule has 0 saturated heterocycles. The van der Waals surface area contributed by atoms with E-state index < -0.39 is 0 Å². The van der Waals surface area contributed by atoms with Crippen LogP contribution in [0.3, 0.4) is 0 Å². The highest BCUT2D eigenvalue weighted by Crippen LogP contribution is 2.34. The molecule has 1 aromatic heterocycles. The third-order valence-corrected chi connectivity index (χ3v) is 11.5. The van der Waals surface area contributed by atoms with Gasteiger partial charge in [0, 0.05) is 33.2 Å². The van der Waals surface area contributed by atoms with Gasteiger partial charge >= 0.3 is 0 Å². The Bertz CT molecular complexity index is 3070. The first-order valence-electron chi connectivity index (χ1n) is 21.4. The van der Waals surface area contributed by atoms with Gasteiger partial charge in [-0.3, -0.25) is 4.99 Å². The van der Waals surface area contributed by atoms with Crippen LogP contribution in [0.15, 0.2) is 233 Å². The molecule has 0 unspecified atom stereocenters. The van der Waals surface area contributed by atoms with E-state index in [9.17, 15) is 0 Å². The van der Waals surface area contributed by atoms with Crippen molar-refractivity contribution in [2.24, 2.45) is 15.0 Å². The lowest BCUT2D eigenvalue weighted by Gasteiger charge is -2.26. The number of aliphatic imine (C=N–C) groups is 3. The molecule has 0 amide bonds. The highest BCUT2D eigenvalue weighted by molar-refractivity contribution is 6.12. The van der Waals surface area contributed by atoms with E-state index in [1.54, 1.807) is 0 Å². The molecule has 0 atom stereocenters. The summed E-state index contributed by atoms with van der Waals surface area (Å²) in [7, 11) is 0. The first kappa shape index (κ1) is 41.1. The van der Waals surface area contributed by atoms with Gasteiger partial charge < -0.3 is 0 Å². The van der Waals surface area contributed by atoms with E-state index in [1.165, 1.54) is 5.56 Å². The highest BCUT2D eigenvalue weighted by atomic mass is 15.0. The summed E-state index contributed by atoms with van der Waals surface area (Å²) in [6, 6.07) is 74.7. The molecule has 0 spiro atoms. The number of hydrogen-bond acceptors (Lipinski definition) is 4. The molecule has 8 aromatic carbocycles. The molecule has 0 aliphatic rings. The van der Waals surface area contributed by atoms with Crippen LogP contribution in [0.1, 0.15) is 41.7 Å². The molecule has 6 heteroatoms. The number of nitrogens with zero attached hydrogens (tertiary/aromatic N) is 6. The van der Waals surface area contributed by atoms with Gasteiger partial charge in [0.15, 0.2) is 29.1 Å². The minimum absolute atomic E-state index is 0.329. The second-order valence-electron chi connectivity index (χ2n) is 16.1. The van der Waals surface area contributed by atoms with Crippen LogP contribution in [0.4, 0.5) is 0 Å². The van der Waals surface area contributed by atoms with Gasteiger partial charge in [0.2, 0.25) is 0 Å². The first-order valence-corrected chi connectivity index (χ1v) is 21.4.